The van der Waals surface area contributed by atoms with Gasteiger partial charge in [-0.25, -0.2) is 4.39 Å². The van der Waals surface area contributed by atoms with Gasteiger partial charge in [-0.2, -0.15) is 0 Å². The molecule has 0 radical (unpaired) electrons. The van der Waals surface area contributed by atoms with Crippen molar-refractivity contribution >= 4 is 17.4 Å². The first-order valence-electron chi connectivity index (χ1n) is 6.14. The highest BCUT2D eigenvalue weighted by atomic mass is 32.2. The highest BCUT2D eigenvalue weighted by Crippen LogP contribution is 2.27. The molecule has 1 aliphatic heterocycles. The van der Waals surface area contributed by atoms with E-state index in [1.165, 1.54) is 31.4 Å². The molecule has 1 aromatic carbocycles. The number of nitrogens with one attached hydrogen (secondary N) is 1. The van der Waals surface area contributed by atoms with E-state index in [1.54, 1.807) is 17.8 Å². The summed E-state index contributed by atoms with van der Waals surface area (Å²) in [5.74, 6) is 1.59. The maximum atomic E-state index is 12.9. The van der Waals surface area contributed by atoms with Crippen LogP contribution in [0.25, 0.3) is 0 Å². The largest absolute Gasteiger partial charge is 0.398 e. The van der Waals surface area contributed by atoms with Gasteiger partial charge in [0.25, 0.3) is 0 Å². The van der Waals surface area contributed by atoms with Gasteiger partial charge in [0, 0.05) is 10.6 Å². The van der Waals surface area contributed by atoms with Gasteiger partial charge in [0.05, 0.1) is 0 Å². The van der Waals surface area contributed by atoms with Crippen molar-refractivity contribution in [3.63, 3.8) is 0 Å². The molecular weight excluding hydrogens is 235 g/mol. The van der Waals surface area contributed by atoms with Gasteiger partial charge in [-0.15, -0.1) is 11.8 Å². The van der Waals surface area contributed by atoms with Gasteiger partial charge in [-0.1, -0.05) is 0 Å². The van der Waals surface area contributed by atoms with Gasteiger partial charge >= 0.3 is 0 Å². The second-order valence-electron chi connectivity index (χ2n) is 4.53. The molecule has 4 heteroatoms. The molecule has 1 fully saturated rings. The fraction of sp³-hybridized carbons (Fsp3) is 0.538. The van der Waals surface area contributed by atoms with E-state index in [9.17, 15) is 4.39 Å². The van der Waals surface area contributed by atoms with Crippen LogP contribution in [0.3, 0.4) is 0 Å². The van der Waals surface area contributed by atoms with Crippen LogP contribution >= 0.6 is 11.8 Å². The summed E-state index contributed by atoms with van der Waals surface area (Å²) in [6, 6.07) is 4.64. The van der Waals surface area contributed by atoms with Crippen LogP contribution in [-0.4, -0.2) is 18.8 Å². The van der Waals surface area contributed by atoms with Crippen molar-refractivity contribution in [2.24, 2.45) is 5.92 Å². The monoisotopic (exact) mass is 254 g/mol. The average Bonchev–Trinajstić information content (AvgIpc) is 2.33. The zero-order valence-corrected chi connectivity index (χ0v) is 10.7. The molecule has 3 N–H and O–H groups in total. The predicted octanol–water partition coefficient (Wildman–Crippen LogP) is 2.89. The number of anilines is 1. The smallest absolute Gasteiger partial charge is 0.125 e. The van der Waals surface area contributed by atoms with Crippen molar-refractivity contribution in [3.05, 3.63) is 24.0 Å². The Hall–Kier alpha value is -0.740. The molecule has 1 saturated heterocycles. The minimum atomic E-state index is -0.261. The number of benzene rings is 1. The summed E-state index contributed by atoms with van der Waals surface area (Å²) < 4.78 is 12.9. The minimum Gasteiger partial charge on any atom is -0.398 e. The fourth-order valence-corrected chi connectivity index (χ4v) is 3.22. The molecule has 2 rings (SSSR count). The van der Waals surface area contributed by atoms with Crippen molar-refractivity contribution in [1.82, 2.24) is 5.32 Å². The standard InChI is InChI=1S/C13H19FN2S/c14-11-3-4-13(12(15)8-11)17-7-5-10-2-1-6-16-9-10/h3-4,8,10,16H,1-2,5-7,9,15H2. The van der Waals surface area contributed by atoms with Gasteiger partial charge in [-0.05, 0) is 62.2 Å². The van der Waals surface area contributed by atoms with Crippen LogP contribution in [0, 0.1) is 11.7 Å². The van der Waals surface area contributed by atoms with E-state index in [2.05, 4.69) is 5.32 Å². The van der Waals surface area contributed by atoms with Crippen LogP contribution in [0.2, 0.25) is 0 Å². The van der Waals surface area contributed by atoms with Gasteiger partial charge < -0.3 is 11.1 Å². The lowest BCUT2D eigenvalue weighted by atomic mass is 9.97. The Balaban J connectivity index is 1.77. The number of nitrogen functional groups attached to an aromatic ring is 1. The molecule has 2 nitrogen and oxygen atoms in total. The van der Waals surface area contributed by atoms with Gasteiger partial charge in [0.2, 0.25) is 0 Å². The third-order valence-electron chi connectivity index (χ3n) is 3.15. The van der Waals surface area contributed by atoms with Crippen molar-refractivity contribution in [1.29, 1.82) is 0 Å². The maximum Gasteiger partial charge on any atom is 0.125 e. The summed E-state index contributed by atoms with van der Waals surface area (Å²) in [6.07, 6.45) is 3.81. The fourth-order valence-electron chi connectivity index (χ4n) is 2.16. The highest BCUT2D eigenvalue weighted by Gasteiger charge is 2.12. The summed E-state index contributed by atoms with van der Waals surface area (Å²) >= 11 is 1.73. The first-order valence-corrected chi connectivity index (χ1v) is 7.13. The molecule has 0 amide bonds. The molecule has 0 spiro atoms. The number of hydrogen-bond donors (Lipinski definition) is 2. The van der Waals surface area contributed by atoms with Crippen LogP contribution in [0.5, 0.6) is 0 Å². The third-order valence-corrected chi connectivity index (χ3v) is 4.28. The molecular formula is C13H19FN2S. The molecule has 1 atom stereocenters. The van der Waals surface area contributed by atoms with E-state index in [4.69, 9.17) is 5.73 Å². The summed E-state index contributed by atoms with van der Waals surface area (Å²) in [5, 5.41) is 3.42. The van der Waals surface area contributed by atoms with E-state index in [-0.39, 0.29) is 5.82 Å². The lowest BCUT2D eigenvalue weighted by Gasteiger charge is -2.22. The van der Waals surface area contributed by atoms with Crippen molar-refractivity contribution < 1.29 is 4.39 Å². The molecule has 0 aliphatic carbocycles. The summed E-state index contributed by atoms with van der Waals surface area (Å²) in [4.78, 5) is 0.996. The Morgan fingerprint density at radius 1 is 1.47 bits per heavy atom. The van der Waals surface area contributed by atoms with E-state index >= 15 is 0 Å². The summed E-state index contributed by atoms with van der Waals surface area (Å²) in [7, 11) is 0. The lowest BCUT2D eigenvalue weighted by Crippen LogP contribution is -2.29. The normalized spacial score (nSPS) is 20.4. The molecule has 0 saturated carbocycles. The second kappa shape index (κ2) is 6.26. The molecule has 0 aromatic heterocycles. The summed E-state index contributed by atoms with van der Waals surface area (Å²) in [5.41, 5.74) is 6.32. The third kappa shape index (κ3) is 3.89. The summed E-state index contributed by atoms with van der Waals surface area (Å²) in [6.45, 7) is 2.30. The molecule has 94 valence electrons. The molecule has 1 unspecified atom stereocenters. The van der Waals surface area contributed by atoms with Gasteiger partial charge in [0.1, 0.15) is 5.82 Å². The quantitative estimate of drug-likeness (QED) is 0.641. The van der Waals surface area contributed by atoms with Crippen LogP contribution in [-0.2, 0) is 0 Å². The van der Waals surface area contributed by atoms with Gasteiger partial charge in [0.15, 0.2) is 0 Å². The Kier molecular flexibility index (Phi) is 4.68. The van der Waals surface area contributed by atoms with E-state index < -0.39 is 0 Å². The zero-order chi connectivity index (χ0) is 12.1. The minimum absolute atomic E-state index is 0.261. The number of nitrogens with two attached hydrogens (primary N) is 1. The number of piperidine rings is 1. The average molecular weight is 254 g/mol. The molecule has 1 aromatic rings. The Morgan fingerprint density at radius 3 is 3.06 bits per heavy atom. The van der Waals surface area contributed by atoms with Crippen LogP contribution < -0.4 is 11.1 Å². The molecule has 1 heterocycles. The first kappa shape index (κ1) is 12.7. The highest BCUT2D eigenvalue weighted by molar-refractivity contribution is 7.99. The van der Waals surface area contributed by atoms with Gasteiger partial charge in [-0.3, -0.25) is 0 Å². The molecule has 0 bridgehead atoms. The lowest BCUT2D eigenvalue weighted by molar-refractivity contribution is 0.371. The SMILES string of the molecule is Nc1cc(F)ccc1SCCC1CCCNC1. The van der Waals surface area contributed by atoms with Crippen molar-refractivity contribution in [2.45, 2.75) is 24.2 Å². The second-order valence-corrected chi connectivity index (χ2v) is 5.67. The van der Waals surface area contributed by atoms with E-state index in [0.717, 1.165) is 29.7 Å². The number of hydrogen-bond acceptors (Lipinski definition) is 3. The van der Waals surface area contributed by atoms with E-state index in [0.29, 0.717) is 5.69 Å². The zero-order valence-electron chi connectivity index (χ0n) is 9.92. The topological polar surface area (TPSA) is 38.0 Å². The Bertz CT molecular complexity index is 364. The van der Waals surface area contributed by atoms with Crippen LogP contribution in [0.1, 0.15) is 19.3 Å². The van der Waals surface area contributed by atoms with Crippen molar-refractivity contribution in [2.75, 3.05) is 24.6 Å². The maximum absolute atomic E-state index is 12.9. The first-order chi connectivity index (χ1) is 8.25. The van der Waals surface area contributed by atoms with Crippen LogP contribution in [0.15, 0.2) is 23.1 Å². The number of thioether (sulfide) groups is 1. The Labute approximate surface area is 106 Å². The number of halogens is 1. The van der Waals surface area contributed by atoms with Crippen molar-refractivity contribution in [3.8, 4) is 0 Å². The number of rotatable bonds is 4. The predicted molar refractivity (Wildman–Crippen MR) is 71.7 cm³/mol. The Morgan fingerprint density at radius 2 is 2.35 bits per heavy atom. The molecule has 1 aliphatic rings. The van der Waals surface area contributed by atoms with Crippen LogP contribution in [0.4, 0.5) is 10.1 Å². The van der Waals surface area contributed by atoms with E-state index in [1.807, 2.05) is 0 Å². The molecule has 17 heavy (non-hydrogen) atoms.